The molecule has 0 bridgehead atoms. The number of aryl methyl sites for hydroxylation is 1. The van der Waals surface area contributed by atoms with Gasteiger partial charge in [0.1, 0.15) is 0 Å². The van der Waals surface area contributed by atoms with E-state index in [4.69, 9.17) is 12.2 Å². The van der Waals surface area contributed by atoms with Gasteiger partial charge < -0.3 is 14.8 Å². The number of aromatic nitrogens is 1. The van der Waals surface area contributed by atoms with Gasteiger partial charge in [-0.15, -0.1) is 0 Å². The lowest BCUT2D eigenvalue weighted by Crippen LogP contribution is -2.45. The van der Waals surface area contributed by atoms with Crippen LogP contribution in [0.1, 0.15) is 29.9 Å². The van der Waals surface area contributed by atoms with Gasteiger partial charge in [0.15, 0.2) is 5.11 Å². The van der Waals surface area contributed by atoms with Gasteiger partial charge in [0.25, 0.3) is 0 Å². The van der Waals surface area contributed by atoms with Crippen LogP contribution in [0.3, 0.4) is 0 Å². The lowest BCUT2D eigenvalue weighted by molar-refractivity contribution is 0.267. The van der Waals surface area contributed by atoms with Crippen LogP contribution in [-0.4, -0.2) is 21.1 Å². The first kappa shape index (κ1) is 14.1. The van der Waals surface area contributed by atoms with E-state index >= 15 is 0 Å². The zero-order chi connectivity index (χ0) is 14.8. The minimum atomic E-state index is 0.322. The lowest BCUT2D eigenvalue weighted by atomic mass is 10.1. The molecule has 1 aromatic heterocycles. The van der Waals surface area contributed by atoms with Gasteiger partial charge in [-0.2, -0.15) is 0 Å². The van der Waals surface area contributed by atoms with E-state index in [1.54, 1.807) is 0 Å². The summed E-state index contributed by atoms with van der Waals surface area (Å²) in [6.07, 6.45) is 0. The second-order valence-electron chi connectivity index (χ2n) is 5.56. The number of rotatable bonds is 2. The van der Waals surface area contributed by atoms with E-state index in [2.05, 4.69) is 65.0 Å². The SMILES string of the molecule is Cc1ccc2n1CCN(C(=S)NCc1ccccc1)[C@@H]2C. The van der Waals surface area contributed by atoms with E-state index in [0.29, 0.717) is 6.04 Å². The highest BCUT2D eigenvalue weighted by atomic mass is 32.1. The Kier molecular flexibility index (Phi) is 3.97. The maximum absolute atomic E-state index is 5.59. The molecule has 3 rings (SSSR count). The van der Waals surface area contributed by atoms with Crippen LogP contribution in [-0.2, 0) is 13.1 Å². The summed E-state index contributed by atoms with van der Waals surface area (Å²) in [6, 6.07) is 15.1. The van der Waals surface area contributed by atoms with Gasteiger partial charge >= 0.3 is 0 Å². The molecule has 3 nitrogen and oxygen atoms in total. The summed E-state index contributed by atoms with van der Waals surface area (Å²) in [7, 11) is 0. The first-order valence-corrected chi connectivity index (χ1v) is 7.82. The van der Waals surface area contributed by atoms with E-state index in [1.165, 1.54) is 17.0 Å². The fourth-order valence-electron chi connectivity index (χ4n) is 2.97. The van der Waals surface area contributed by atoms with Crippen molar-refractivity contribution in [2.24, 2.45) is 0 Å². The van der Waals surface area contributed by atoms with E-state index in [9.17, 15) is 0 Å². The fourth-order valence-corrected chi connectivity index (χ4v) is 3.29. The van der Waals surface area contributed by atoms with Crippen LogP contribution in [0.4, 0.5) is 0 Å². The van der Waals surface area contributed by atoms with Crippen molar-refractivity contribution in [3.8, 4) is 0 Å². The Morgan fingerprint density at radius 2 is 1.95 bits per heavy atom. The van der Waals surface area contributed by atoms with Crippen molar-refractivity contribution in [3.63, 3.8) is 0 Å². The first-order valence-electron chi connectivity index (χ1n) is 7.41. The molecular formula is C17H21N3S. The average molecular weight is 299 g/mol. The molecule has 0 radical (unpaired) electrons. The van der Waals surface area contributed by atoms with Gasteiger partial charge in [0.05, 0.1) is 6.04 Å². The molecule has 0 unspecified atom stereocenters. The molecule has 21 heavy (non-hydrogen) atoms. The highest BCUT2D eigenvalue weighted by Crippen LogP contribution is 2.27. The van der Waals surface area contributed by atoms with E-state index < -0.39 is 0 Å². The third-order valence-electron chi connectivity index (χ3n) is 4.24. The summed E-state index contributed by atoms with van der Waals surface area (Å²) in [5.41, 5.74) is 3.94. The Balaban J connectivity index is 1.66. The summed E-state index contributed by atoms with van der Waals surface area (Å²) in [5.74, 6) is 0. The molecule has 4 heteroatoms. The predicted molar refractivity (Wildman–Crippen MR) is 90.2 cm³/mol. The van der Waals surface area contributed by atoms with Gasteiger partial charge in [0, 0.05) is 31.0 Å². The summed E-state index contributed by atoms with van der Waals surface area (Å²) in [5, 5.41) is 4.23. The van der Waals surface area contributed by atoms with E-state index in [1.807, 2.05) is 6.07 Å². The molecule has 1 atom stereocenters. The number of nitrogens with zero attached hydrogens (tertiary/aromatic N) is 2. The van der Waals surface area contributed by atoms with Crippen molar-refractivity contribution < 1.29 is 0 Å². The second-order valence-corrected chi connectivity index (χ2v) is 5.95. The molecule has 1 aliphatic rings. The summed E-state index contributed by atoms with van der Waals surface area (Å²) >= 11 is 5.59. The number of fused-ring (bicyclic) bond motifs is 1. The number of hydrogen-bond donors (Lipinski definition) is 1. The maximum atomic E-state index is 5.59. The third-order valence-corrected chi connectivity index (χ3v) is 4.62. The third kappa shape index (κ3) is 2.81. The Bertz CT molecular complexity index is 633. The minimum absolute atomic E-state index is 0.322. The maximum Gasteiger partial charge on any atom is 0.169 e. The minimum Gasteiger partial charge on any atom is -0.358 e. The van der Waals surface area contributed by atoms with Crippen LogP contribution >= 0.6 is 12.2 Å². The molecule has 2 aromatic rings. The molecular weight excluding hydrogens is 278 g/mol. The monoisotopic (exact) mass is 299 g/mol. The normalized spacial score (nSPS) is 17.4. The molecule has 0 amide bonds. The van der Waals surface area contributed by atoms with Crippen LogP contribution < -0.4 is 5.32 Å². The lowest BCUT2D eigenvalue weighted by Gasteiger charge is -2.37. The van der Waals surface area contributed by atoms with Crippen LogP contribution in [0.2, 0.25) is 0 Å². The van der Waals surface area contributed by atoms with Crippen molar-refractivity contribution in [1.82, 2.24) is 14.8 Å². The zero-order valence-electron chi connectivity index (χ0n) is 12.5. The standard InChI is InChI=1S/C17H21N3S/c1-13-8-9-16-14(2)20(11-10-19(13)16)17(21)18-12-15-6-4-3-5-7-15/h3-9,14H,10-12H2,1-2H3,(H,18,21)/t14-/m1/s1. The Morgan fingerprint density at radius 1 is 1.19 bits per heavy atom. The molecule has 1 N–H and O–H groups in total. The van der Waals surface area contributed by atoms with Crippen molar-refractivity contribution in [2.45, 2.75) is 33.0 Å². The highest BCUT2D eigenvalue weighted by molar-refractivity contribution is 7.80. The number of hydrogen-bond acceptors (Lipinski definition) is 1. The zero-order valence-corrected chi connectivity index (χ0v) is 13.4. The molecule has 0 fully saturated rings. The second kappa shape index (κ2) is 5.90. The van der Waals surface area contributed by atoms with Crippen LogP contribution in [0, 0.1) is 6.92 Å². The summed E-state index contributed by atoms with van der Waals surface area (Å²) in [4.78, 5) is 2.28. The van der Waals surface area contributed by atoms with Crippen LogP contribution in [0.25, 0.3) is 0 Å². The number of benzene rings is 1. The molecule has 2 heterocycles. The van der Waals surface area contributed by atoms with Gasteiger partial charge in [-0.3, -0.25) is 0 Å². The molecule has 110 valence electrons. The number of thiocarbonyl (C=S) groups is 1. The number of nitrogens with one attached hydrogen (secondary N) is 1. The topological polar surface area (TPSA) is 20.2 Å². The fraction of sp³-hybridized carbons (Fsp3) is 0.353. The smallest absolute Gasteiger partial charge is 0.169 e. The van der Waals surface area contributed by atoms with Crippen LogP contribution in [0.15, 0.2) is 42.5 Å². The van der Waals surface area contributed by atoms with E-state index in [-0.39, 0.29) is 0 Å². The molecule has 0 saturated heterocycles. The molecule has 1 aromatic carbocycles. The van der Waals surface area contributed by atoms with Gasteiger partial charge in [-0.25, -0.2) is 0 Å². The highest BCUT2D eigenvalue weighted by Gasteiger charge is 2.26. The van der Waals surface area contributed by atoms with Gasteiger partial charge in [0.2, 0.25) is 0 Å². The van der Waals surface area contributed by atoms with Crippen molar-refractivity contribution in [3.05, 3.63) is 59.4 Å². The molecule has 0 spiro atoms. The summed E-state index contributed by atoms with van der Waals surface area (Å²) < 4.78 is 2.39. The average Bonchev–Trinajstić information content (AvgIpc) is 2.89. The Hall–Kier alpha value is -1.81. The molecule has 1 aliphatic heterocycles. The largest absolute Gasteiger partial charge is 0.358 e. The Morgan fingerprint density at radius 3 is 2.71 bits per heavy atom. The molecule has 0 saturated carbocycles. The molecule has 0 aliphatic carbocycles. The van der Waals surface area contributed by atoms with Crippen molar-refractivity contribution in [2.75, 3.05) is 6.54 Å². The van der Waals surface area contributed by atoms with Gasteiger partial charge in [-0.1, -0.05) is 30.3 Å². The summed E-state index contributed by atoms with van der Waals surface area (Å²) in [6.45, 7) is 7.14. The van der Waals surface area contributed by atoms with Gasteiger partial charge in [-0.05, 0) is 43.8 Å². The van der Waals surface area contributed by atoms with Crippen LogP contribution in [0.5, 0.6) is 0 Å². The first-order chi connectivity index (χ1) is 10.2. The quantitative estimate of drug-likeness (QED) is 0.860. The predicted octanol–water partition coefficient (Wildman–Crippen LogP) is 3.25. The van der Waals surface area contributed by atoms with Crippen molar-refractivity contribution in [1.29, 1.82) is 0 Å². The Labute approximate surface area is 131 Å². The van der Waals surface area contributed by atoms with E-state index in [0.717, 1.165) is 24.7 Å². The van der Waals surface area contributed by atoms with Crippen molar-refractivity contribution >= 4 is 17.3 Å².